The van der Waals surface area contributed by atoms with Gasteiger partial charge in [-0.1, -0.05) is 24.1 Å². The molecule has 1 aliphatic carbocycles. The van der Waals surface area contributed by atoms with Crippen LogP contribution in [0.2, 0.25) is 5.02 Å². The Balaban J connectivity index is 2.07. The Hall–Kier alpha value is -1.81. The summed E-state index contributed by atoms with van der Waals surface area (Å²) in [6.07, 6.45) is 6.07. The first-order valence-corrected chi connectivity index (χ1v) is 7.31. The molecule has 0 unspecified atom stereocenters. The molecule has 1 aromatic rings. The molecule has 112 valence electrons. The number of carboxylic acid groups (broad SMARTS) is 1. The fourth-order valence-electron chi connectivity index (χ4n) is 2.32. The Morgan fingerprint density at radius 3 is 2.67 bits per heavy atom. The van der Waals surface area contributed by atoms with Gasteiger partial charge < -0.3 is 10.0 Å². The van der Waals surface area contributed by atoms with Gasteiger partial charge in [-0.2, -0.15) is 0 Å². The van der Waals surface area contributed by atoms with Crippen molar-refractivity contribution in [3.05, 3.63) is 40.4 Å². The Labute approximate surface area is 129 Å². The van der Waals surface area contributed by atoms with E-state index in [2.05, 4.69) is 0 Å². The van der Waals surface area contributed by atoms with Crippen LogP contribution in [0.15, 0.2) is 24.3 Å². The van der Waals surface area contributed by atoms with E-state index in [0.717, 1.165) is 12.6 Å². The predicted molar refractivity (Wildman–Crippen MR) is 82.4 cm³/mol. The molecule has 5 heteroatoms. The molecule has 0 atom stereocenters. The van der Waals surface area contributed by atoms with E-state index >= 15 is 0 Å². The zero-order chi connectivity index (χ0) is 15.4. The SMILES string of the molecule is CN(CC1CCC1)C(=O)c1ccc(/C=C/C(=O)O)c(Cl)c1. The number of nitrogens with zero attached hydrogens (tertiary/aromatic N) is 1. The third-order valence-electron chi connectivity index (χ3n) is 3.76. The summed E-state index contributed by atoms with van der Waals surface area (Å²) in [5.74, 6) is -0.476. The van der Waals surface area contributed by atoms with Gasteiger partial charge in [0.2, 0.25) is 0 Å². The van der Waals surface area contributed by atoms with Gasteiger partial charge >= 0.3 is 5.97 Å². The number of carbonyl (C=O) groups is 2. The van der Waals surface area contributed by atoms with E-state index in [1.807, 2.05) is 0 Å². The summed E-state index contributed by atoms with van der Waals surface area (Å²) in [7, 11) is 1.80. The maximum Gasteiger partial charge on any atom is 0.328 e. The quantitative estimate of drug-likeness (QED) is 0.849. The number of amides is 1. The highest BCUT2D eigenvalue weighted by molar-refractivity contribution is 6.32. The van der Waals surface area contributed by atoms with Gasteiger partial charge in [0.25, 0.3) is 5.91 Å². The molecule has 1 saturated carbocycles. The topological polar surface area (TPSA) is 57.6 Å². The van der Waals surface area contributed by atoms with Crippen molar-refractivity contribution in [2.24, 2.45) is 5.92 Å². The molecule has 0 spiro atoms. The minimum Gasteiger partial charge on any atom is -0.478 e. The van der Waals surface area contributed by atoms with Gasteiger partial charge in [0.1, 0.15) is 0 Å². The summed E-state index contributed by atoms with van der Waals surface area (Å²) in [5, 5.41) is 8.97. The van der Waals surface area contributed by atoms with E-state index in [0.29, 0.717) is 22.1 Å². The molecule has 1 aromatic carbocycles. The molecule has 0 aliphatic heterocycles. The molecule has 1 aliphatic rings. The molecule has 2 rings (SSSR count). The van der Waals surface area contributed by atoms with Crippen LogP contribution in [-0.2, 0) is 4.79 Å². The first-order chi connectivity index (χ1) is 9.97. The van der Waals surface area contributed by atoms with Gasteiger partial charge in [0.05, 0.1) is 0 Å². The minimum absolute atomic E-state index is 0.0578. The molecular weight excluding hydrogens is 290 g/mol. The van der Waals surface area contributed by atoms with Crippen LogP contribution in [0.4, 0.5) is 0 Å². The Bertz CT molecular complexity index is 579. The smallest absolute Gasteiger partial charge is 0.328 e. The molecule has 1 N–H and O–H groups in total. The van der Waals surface area contributed by atoms with Gasteiger partial charge in [-0.3, -0.25) is 4.79 Å². The summed E-state index contributed by atoms with van der Waals surface area (Å²) in [5.41, 5.74) is 1.10. The first-order valence-electron chi connectivity index (χ1n) is 6.93. The van der Waals surface area contributed by atoms with Crippen molar-refractivity contribution in [1.29, 1.82) is 0 Å². The molecule has 21 heavy (non-hydrogen) atoms. The van der Waals surface area contributed by atoms with Gasteiger partial charge in [0, 0.05) is 30.3 Å². The van der Waals surface area contributed by atoms with Gasteiger partial charge in [-0.25, -0.2) is 4.79 Å². The summed E-state index contributed by atoms with van der Waals surface area (Å²) >= 11 is 6.09. The van der Waals surface area contributed by atoms with Crippen LogP contribution in [0.25, 0.3) is 6.08 Å². The fraction of sp³-hybridized carbons (Fsp3) is 0.375. The number of aliphatic carboxylic acids is 1. The van der Waals surface area contributed by atoms with Crippen LogP contribution in [0, 0.1) is 5.92 Å². The number of benzene rings is 1. The molecule has 0 heterocycles. The van der Waals surface area contributed by atoms with E-state index in [9.17, 15) is 9.59 Å². The molecule has 4 nitrogen and oxygen atoms in total. The number of hydrogen-bond acceptors (Lipinski definition) is 2. The highest BCUT2D eigenvalue weighted by Gasteiger charge is 2.22. The molecule has 0 radical (unpaired) electrons. The molecule has 1 amide bonds. The van der Waals surface area contributed by atoms with E-state index < -0.39 is 5.97 Å². The molecule has 0 bridgehead atoms. The fourth-order valence-corrected chi connectivity index (χ4v) is 2.57. The van der Waals surface area contributed by atoms with E-state index in [-0.39, 0.29) is 5.91 Å². The van der Waals surface area contributed by atoms with Gasteiger partial charge in [-0.15, -0.1) is 0 Å². The second-order valence-corrected chi connectivity index (χ2v) is 5.80. The van der Waals surface area contributed by atoms with Crippen molar-refractivity contribution in [3.63, 3.8) is 0 Å². The van der Waals surface area contributed by atoms with E-state index in [4.69, 9.17) is 16.7 Å². The summed E-state index contributed by atoms with van der Waals surface area (Å²) in [4.78, 5) is 24.5. The van der Waals surface area contributed by atoms with Crippen LogP contribution in [-0.4, -0.2) is 35.5 Å². The zero-order valence-electron chi connectivity index (χ0n) is 11.9. The summed E-state index contributed by atoms with van der Waals surface area (Å²) in [6, 6.07) is 4.92. The van der Waals surface area contributed by atoms with Gasteiger partial charge in [-0.05, 0) is 42.5 Å². The van der Waals surface area contributed by atoms with Crippen LogP contribution in [0.5, 0.6) is 0 Å². The lowest BCUT2D eigenvalue weighted by atomic mass is 9.85. The summed E-state index contributed by atoms with van der Waals surface area (Å²) < 4.78 is 0. The van der Waals surface area contributed by atoms with Crippen molar-refractivity contribution < 1.29 is 14.7 Å². The van der Waals surface area contributed by atoms with Crippen LogP contribution in [0.1, 0.15) is 35.2 Å². The number of hydrogen-bond donors (Lipinski definition) is 1. The van der Waals surface area contributed by atoms with Crippen molar-refractivity contribution >= 4 is 29.6 Å². The van der Waals surface area contributed by atoms with Gasteiger partial charge in [0.15, 0.2) is 0 Å². The Morgan fingerprint density at radius 2 is 2.14 bits per heavy atom. The van der Waals surface area contributed by atoms with Crippen LogP contribution >= 0.6 is 11.6 Å². The second kappa shape index (κ2) is 6.76. The third-order valence-corrected chi connectivity index (χ3v) is 4.08. The molecule has 0 aromatic heterocycles. The number of carbonyl (C=O) groups excluding carboxylic acids is 1. The Kier molecular flexibility index (Phi) is 5.02. The maximum absolute atomic E-state index is 12.3. The Morgan fingerprint density at radius 1 is 1.43 bits per heavy atom. The van der Waals surface area contributed by atoms with Crippen LogP contribution in [0.3, 0.4) is 0 Å². The van der Waals surface area contributed by atoms with Crippen molar-refractivity contribution in [1.82, 2.24) is 4.90 Å². The molecule has 0 saturated heterocycles. The molecular formula is C16H18ClNO3. The standard InChI is InChI=1S/C16H18ClNO3/c1-18(10-11-3-2-4-11)16(21)13-6-5-12(14(17)9-13)7-8-15(19)20/h5-9,11H,2-4,10H2,1H3,(H,19,20)/b8-7+. The minimum atomic E-state index is -1.04. The normalized spacial score (nSPS) is 15.0. The second-order valence-electron chi connectivity index (χ2n) is 5.39. The monoisotopic (exact) mass is 307 g/mol. The van der Waals surface area contributed by atoms with Crippen LogP contribution < -0.4 is 0 Å². The maximum atomic E-state index is 12.3. The lowest BCUT2D eigenvalue weighted by Crippen LogP contribution is -2.34. The zero-order valence-corrected chi connectivity index (χ0v) is 12.6. The number of rotatable bonds is 5. The largest absolute Gasteiger partial charge is 0.478 e. The third kappa shape index (κ3) is 4.08. The number of halogens is 1. The van der Waals surface area contributed by atoms with E-state index in [1.54, 1.807) is 30.1 Å². The lowest BCUT2D eigenvalue weighted by Gasteiger charge is -2.30. The molecule has 1 fully saturated rings. The van der Waals surface area contributed by atoms with Crippen molar-refractivity contribution in [3.8, 4) is 0 Å². The number of carboxylic acids is 1. The predicted octanol–water partition coefficient (Wildman–Crippen LogP) is 3.31. The van der Waals surface area contributed by atoms with Crippen molar-refractivity contribution in [2.45, 2.75) is 19.3 Å². The summed E-state index contributed by atoms with van der Waals surface area (Å²) in [6.45, 7) is 0.775. The highest BCUT2D eigenvalue weighted by atomic mass is 35.5. The first kappa shape index (κ1) is 15.6. The average Bonchev–Trinajstić information content (AvgIpc) is 2.40. The highest BCUT2D eigenvalue weighted by Crippen LogP contribution is 2.27. The van der Waals surface area contributed by atoms with Crippen molar-refractivity contribution in [2.75, 3.05) is 13.6 Å². The van der Waals surface area contributed by atoms with E-state index in [1.165, 1.54) is 25.3 Å². The average molecular weight is 308 g/mol. The lowest BCUT2D eigenvalue weighted by molar-refractivity contribution is -0.131.